The normalized spacial score (nSPS) is 45.0. The highest BCUT2D eigenvalue weighted by atomic mass is 16.5. The van der Waals surface area contributed by atoms with E-state index in [0.717, 1.165) is 24.7 Å². The first-order valence-electron chi connectivity index (χ1n) is 17.1. The van der Waals surface area contributed by atoms with Gasteiger partial charge in [0.25, 0.3) is 0 Å². The zero-order chi connectivity index (χ0) is 31.2. The van der Waals surface area contributed by atoms with Crippen molar-refractivity contribution in [3.05, 3.63) is 42.0 Å². The van der Waals surface area contributed by atoms with Gasteiger partial charge in [-0.15, -0.1) is 0 Å². The fourth-order valence-electron chi connectivity index (χ4n) is 12.7. The minimum atomic E-state index is -0.336. The summed E-state index contributed by atoms with van der Waals surface area (Å²) in [6.45, 7) is 22.1. The van der Waals surface area contributed by atoms with Crippen LogP contribution in [-0.2, 0) is 9.53 Å². The molecule has 0 heterocycles. The minimum absolute atomic E-state index is 0.103. The summed E-state index contributed by atoms with van der Waals surface area (Å²) in [5, 5.41) is 19.4. The van der Waals surface area contributed by atoms with E-state index in [9.17, 15) is 15.0 Å². The van der Waals surface area contributed by atoms with Crippen LogP contribution in [-0.4, -0.2) is 22.3 Å². The number of hydrogen-bond donors (Lipinski definition) is 2. The minimum Gasteiger partial charge on any atom is -0.504 e. The lowest BCUT2D eigenvalue weighted by Gasteiger charge is -2.73. The molecule has 0 spiro atoms. The number of aromatic hydroxyl groups is 2. The third-order valence-corrected chi connectivity index (χ3v) is 15.1. The van der Waals surface area contributed by atoms with Crippen molar-refractivity contribution in [2.45, 2.75) is 119 Å². The number of fused-ring (bicyclic) bond motifs is 7. The van der Waals surface area contributed by atoms with Gasteiger partial charge in [0.15, 0.2) is 11.5 Å². The smallest absolute Gasteiger partial charge is 0.331 e. The van der Waals surface area contributed by atoms with E-state index < -0.39 is 0 Å². The van der Waals surface area contributed by atoms with Gasteiger partial charge in [-0.05, 0) is 146 Å². The molecule has 0 saturated heterocycles. The monoisotopic (exact) mass is 588 g/mol. The van der Waals surface area contributed by atoms with Crippen LogP contribution in [0, 0.1) is 56.7 Å². The molecule has 4 heteroatoms. The second-order valence-electron chi connectivity index (χ2n) is 17.2. The summed E-state index contributed by atoms with van der Waals surface area (Å²) < 4.78 is 6.19. The molecule has 0 aliphatic heterocycles. The summed E-state index contributed by atoms with van der Waals surface area (Å²) in [4.78, 5) is 13.0. The van der Waals surface area contributed by atoms with Crippen molar-refractivity contribution in [2.24, 2.45) is 56.7 Å². The number of hydrogen-bond acceptors (Lipinski definition) is 4. The maximum atomic E-state index is 13.0. The Morgan fingerprint density at radius 2 is 1.60 bits per heavy atom. The summed E-state index contributed by atoms with van der Waals surface area (Å²) in [6.07, 6.45) is 15.6. The number of phenols is 2. The quantitative estimate of drug-likeness (QED) is 0.159. The Morgan fingerprint density at radius 1 is 0.860 bits per heavy atom. The number of esters is 1. The van der Waals surface area contributed by atoms with Gasteiger partial charge in [-0.1, -0.05) is 59.8 Å². The molecule has 6 rings (SSSR count). The highest BCUT2D eigenvalue weighted by molar-refractivity contribution is 5.87. The van der Waals surface area contributed by atoms with Crippen LogP contribution >= 0.6 is 0 Å². The average molecular weight is 589 g/mol. The SMILES string of the molecule is C=C(C)[C@H]1CC[C@]2(C)CC[C@@]3(C)[C@H](CC[C@@H]4[C@@]5(C)CC[C@@H](OC(=O)/C=C/c6ccc(O)c(O)c6)C(C)(C)[C@H]5CC[C@@]43C)[C@H]12. The molecule has 0 aromatic heterocycles. The van der Waals surface area contributed by atoms with Gasteiger partial charge in [0.1, 0.15) is 6.10 Å². The largest absolute Gasteiger partial charge is 0.504 e. The molecule has 236 valence electrons. The molecule has 2 N–H and O–H groups in total. The van der Waals surface area contributed by atoms with Crippen molar-refractivity contribution in [1.82, 2.24) is 0 Å². The van der Waals surface area contributed by atoms with Gasteiger partial charge in [-0.25, -0.2) is 4.79 Å². The lowest BCUT2D eigenvalue weighted by molar-refractivity contribution is -0.248. The van der Waals surface area contributed by atoms with Gasteiger partial charge in [0.2, 0.25) is 0 Å². The Morgan fingerprint density at radius 3 is 2.30 bits per heavy atom. The first-order chi connectivity index (χ1) is 20.1. The highest BCUT2D eigenvalue weighted by Gasteiger charge is 2.70. The second-order valence-corrected chi connectivity index (χ2v) is 17.2. The van der Waals surface area contributed by atoms with Crippen LogP contribution in [0.5, 0.6) is 11.5 Å². The number of allylic oxidation sites excluding steroid dienone is 1. The molecule has 4 nitrogen and oxygen atoms in total. The first kappa shape index (κ1) is 30.8. The molecule has 5 fully saturated rings. The van der Waals surface area contributed by atoms with E-state index in [1.165, 1.54) is 75.1 Å². The summed E-state index contributed by atoms with van der Waals surface area (Å²) >= 11 is 0. The zero-order valence-corrected chi connectivity index (χ0v) is 27.8. The molecule has 0 unspecified atom stereocenters. The van der Waals surface area contributed by atoms with Gasteiger partial charge < -0.3 is 14.9 Å². The number of carbonyl (C=O) groups is 1. The molecule has 0 radical (unpaired) electrons. The zero-order valence-electron chi connectivity index (χ0n) is 27.8. The second kappa shape index (κ2) is 10.1. The number of rotatable bonds is 4. The van der Waals surface area contributed by atoms with Crippen LogP contribution in [0.25, 0.3) is 6.08 Å². The number of ether oxygens (including phenoxy) is 1. The molecule has 1 aromatic carbocycles. The summed E-state index contributed by atoms with van der Waals surface area (Å²) in [7, 11) is 0. The lowest BCUT2D eigenvalue weighted by Crippen LogP contribution is -2.66. The predicted molar refractivity (Wildman–Crippen MR) is 173 cm³/mol. The first-order valence-corrected chi connectivity index (χ1v) is 17.1. The third-order valence-electron chi connectivity index (χ3n) is 15.1. The Balaban J connectivity index is 1.22. The van der Waals surface area contributed by atoms with Crippen molar-refractivity contribution in [3.63, 3.8) is 0 Å². The van der Waals surface area contributed by atoms with Crippen LogP contribution in [0.4, 0.5) is 0 Å². The van der Waals surface area contributed by atoms with Crippen LogP contribution in [0.1, 0.15) is 118 Å². The molecule has 43 heavy (non-hydrogen) atoms. The lowest BCUT2D eigenvalue weighted by atomic mass is 9.32. The topological polar surface area (TPSA) is 66.8 Å². The van der Waals surface area contributed by atoms with E-state index in [0.29, 0.717) is 39.6 Å². The van der Waals surface area contributed by atoms with Gasteiger partial charge in [-0.2, -0.15) is 0 Å². The standard InChI is InChI=1S/C39H56O4/c1-24(2)26-15-18-36(5)21-22-38(7)27(34(26)36)11-13-31-37(6)19-17-32(35(3,4)30(37)16-20-39(31,38)8)43-33(42)14-10-25-9-12-28(40)29(41)23-25/h9-10,12,14,23,26-27,30-32,34,40-41H,1,11,13,15-22H2,2-8H3/b14-10+/t26-,27-,30-,31-,32-,34+,36-,37+,38+,39+/m1/s1. The number of phenolic OH excluding ortho intramolecular Hbond substituents is 2. The fourth-order valence-corrected chi connectivity index (χ4v) is 12.7. The van der Waals surface area contributed by atoms with Gasteiger partial charge in [-0.3, -0.25) is 0 Å². The molecular formula is C39H56O4. The van der Waals surface area contributed by atoms with Gasteiger partial charge >= 0.3 is 5.97 Å². The maximum Gasteiger partial charge on any atom is 0.331 e. The number of benzene rings is 1. The van der Waals surface area contributed by atoms with Crippen molar-refractivity contribution in [3.8, 4) is 11.5 Å². The van der Waals surface area contributed by atoms with E-state index in [-0.39, 0.29) is 34.4 Å². The van der Waals surface area contributed by atoms with Crippen LogP contribution in [0.3, 0.4) is 0 Å². The van der Waals surface area contributed by atoms with Crippen LogP contribution in [0.15, 0.2) is 36.4 Å². The maximum absolute atomic E-state index is 13.0. The molecular weight excluding hydrogens is 532 g/mol. The summed E-state index contributed by atoms with van der Waals surface area (Å²) in [6, 6.07) is 4.54. The molecule has 5 aliphatic carbocycles. The van der Waals surface area contributed by atoms with E-state index >= 15 is 0 Å². The van der Waals surface area contributed by atoms with E-state index in [4.69, 9.17) is 4.74 Å². The molecule has 5 aliphatic rings. The molecule has 1 aromatic rings. The fraction of sp³-hybridized carbons (Fsp3) is 0.718. The van der Waals surface area contributed by atoms with E-state index in [1.807, 2.05) is 0 Å². The molecule has 5 saturated carbocycles. The highest BCUT2D eigenvalue weighted by Crippen LogP contribution is 2.77. The van der Waals surface area contributed by atoms with E-state index in [2.05, 4.69) is 55.0 Å². The predicted octanol–water partition coefficient (Wildman–Crippen LogP) is 9.70. The Labute approximate surface area is 260 Å². The summed E-state index contributed by atoms with van der Waals surface area (Å²) in [5.41, 5.74) is 3.40. The Kier molecular flexibility index (Phi) is 7.26. The Bertz CT molecular complexity index is 1330. The van der Waals surface area contributed by atoms with Crippen molar-refractivity contribution >= 4 is 12.0 Å². The van der Waals surface area contributed by atoms with E-state index in [1.54, 1.807) is 12.1 Å². The Hall–Kier alpha value is -2.23. The van der Waals surface area contributed by atoms with Crippen LogP contribution < -0.4 is 0 Å². The average Bonchev–Trinajstić information content (AvgIpc) is 3.29. The van der Waals surface area contributed by atoms with Crippen molar-refractivity contribution in [1.29, 1.82) is 0 Å². The third kappa shape index (κ3) is 4.46. The van der Waals surface area contributed by atoms with Gasteiger partial charge in [0, 0.05) is 11.5 Å². The van der Waals surface area contributed by atoms with Crippen molar-refractivity contribution in [2.75, 3.05) is 0 Å². The van der Waals surface area contributed by atoms with Crippen molar-refractivity contribution < 1.29 is 19.7 Å². The number of carbonyl (C=O) groups excluding carboxylic acids is 1. The summed E-state index contributed by atoms with van der Waals surface area (Å²) in [5.74, 6) is 2.79. The van der Waals surface area contributed by atoms with Crippen LogP contribution in [0.2, 0.25) is 0 Å². The molecule has 0 amide bonds. The molecule has 10 atom stereocenters. The molecule has 0 bridgehead atoms. The van der Waals surface area contributed by atoms with Gasteiger partial charge in [0.05, 0.1) is 0 Å².